The predicted molar refractivity (Wildman–Crippen MR) is 124 cm³/mol. The van der Waals surface area contributed by atoms with Crippen LogP contribution < -0.4 is 15.6 Å². The summed E-state index contributed by atoms with van der Waals surface area (Å²) < 4.78 is 0. The average molecular weight is 564 g/mol. The van der Waals surface area contributed by atoms with Gasteiger partial charge in [0.15, 0.2) is 0 Å². The zero-order chi connectivity index (χ0) is 17.4. The molecule has 0 aliphatic heterocycles. The number of hydrogen-bond acceptors (Lipinski definition) is 0. The molecular formula is C26H28PtSi. The van der Waals surface area contributed by atoms with Crippen LogP contribution in [0.25, 0.3) is 0 Å². The maximum atomic E-state index is 4.72. The van der Waals surface area contributed by atoms with E-state index in [4.69, 9.17) is 6.55 Å². The molecule has 0 heterocycles. The Balaban J connectivity index is 0.000000801. The second-order valence-electron chi connectivity index (χ2n) is 5.97. The predicted octanol–water partition coefficient (Wildman–Crippen LogP) is 4.83. The molecule has 146 valence electrons. The minimum Gasteiger partial charge on any atom is -0.358 e. The SMILES string of the molecule is [CH2-][Si](c1ccccc1)(c1ccccc1)c1ccccc1.[CH3-].[CH3-].[Pt+4].c1cc[cH-]c1. The summed E-state index contributed by atoms with van der Waals surface area (Å²) in [6.45, 7) is 4.72. The number of benzene rings is 3. The van der Waals surface area contributed by atoms with Gasteiger partial charge in [-0.3, -0.25) is 0 Å². The molecule has 4 aromatic rings. The fraction of sp³-hybridized carbons (Fsp3) is 0. The first kappa shape index (κ1) is 25.9. The van der Waals surface area contributed by atoms with E-state index in [2.05, 4.69) is 91.0 Å². The summed E-state index contributed by atoms with van der Waals surface area (Å²) in [7, 11) is -2.13. The fourth-order valence-corrected chi connectivity index (χ4v) is 6.27. The standard InChI is InChI=1S/C19H17Si.C5H5.2CH3.Pt/c1-20(17-11-5-2-6-12-17,18-13-7-3-8-14-18)19-15-9-4-10-16-19;1-2-4-5-3-1;;;/h2-16H,1H2;1-5H;2*1H3;/q4*-1;+4. The molecule has 0 aromatic heterocycles. The van der Waals surface area contributed by atoms with Crippen molar-refractivity contribution in [1.82, 2.24) is 0 Å². The molecule has 0 saturated heterocycles. The molecule has 0 unspecified atom stereocenters. The summed E-state index contributed by atoms with van der Waals surface area (Å²) in [6, 6.07) is 42.1. The van der Waals surface area contributed by atoms with Gasteiger partial charge in [-0.2, -0.15) is 18.2 Å². The zero-order valence-corrected chi connectivity index (χ0v) is 19.8. The van der Waals surface area contributed by atoms with E-state index in [0.717, 1.165) is 0 Å². The van der Waals surface area contributed by atoms with Gasteiger partial charge in [-0.25, -0.2) is 12.1 Å². The van der Waals surface area contributed by atoms with Crippen molar-refractivity contribution in [3.8, 4) is 0 Å². The normalized spacial score (nSPS) is 9.46. The molecule has 0 spiro atoms. The van der Waals surface area contributed by atoms with Crippen LogP contribution in [0, 0.1) is 21.4 Å². The maximum absolute atomic E-state index is 4.72. The van der Waals surface area contributed by atoms with Crippen molar-refractivity contribution in [3.05, 3.63) is 143 Å². The largest absolute Gasteiger partial charge is 4.00 e. The Bertz CT molecular complexity index is 727. The van der Waals surface area contributed by atoms with Gasteiger partial charge in [-0.15, -0.1) is 0 Å². The Morgan fingerprint density at radius 1 is 0.500 bits per heavy atom. The Morgan fingerprint density at radius 3 is 1.00 bits per heavy atom. The van der Waals surface area contributed by atoms with Gasteiger partial charge >= 0.3 is 21.1 Å². The van der Waals surface area contributed by atoms with E-state index >= 15 is 0 Å². The number of rotatable bonds is 3. The number of hydrogen-bond donors (Lipinski definition) is 0. The first-order chi connectivity index (χ1) is 12.3. The first-order valence-electron chi connectivity index (χ1n) is 8.50. The van der Waals surface area contributed by atoms with Gasteiger partial charge in [-0.05, 0) is 0 Å². The minimum atomic E-state index is -2.13. The molecule has 0 N–H and O–H groups in total. The van der Waals surface area contributed by atoms with E-state index in [-0.39, 0.29) is 35.9 Å². The molecule has 0 saturated carbocycles. The Morgan fingerprint density at radius 2 is 0.786 bits per heavy atom. The average Bonchev–Trinajstić information content (AvgIpc) is 3.30. The summed E-state index contributed by atoms with van der Waals surface area (Å²) in [5.74, 6) is 0. The van der Waals surface area contributed by atoms with Crippen LogP contribution in [0.4, 0.5) is 0 Å². The minimum absolute atomic E-state index is 0. The summed E-state index contributed by atoms with van der Waals surface area (Å²) >= 11 is 0. The molecule has 4 aromatic carbocycles. The van der Waals surface area contributed by atoms with Crippen molar-refractivity contribution in [3.63, 3.8) is 0 Å². The summed E-state index contributed by atoms with van der Waals surface area (Å²) in [5, 5.41) is 4.03. The summed E-state index contributed by atoms with van der Waals surface area (Å²) in [4.78, 5) is 0. The van der Waals surface area contributed by atoms with Crippen LogP contribution in [0.2, 0.25) is 0 Å². The Kier molecular flexibility index (Phi) is 12.2. The monoisotopic (exact) mass is 563 g/mol. The third-order valence-corrected chi connectivity index (χ3v) is 8.31. The van der Waals surface area contributed by atoms with Gasteiger partial charge in [0, 0.05) is 8.07 Å². The van der Waals surface area contributed by atoms with Gasteiger partial charge in [-0.1, -0.05) is 107 Å². The van der Waals surface area contributed by atoms with Gasteiger partial charge in [0.05, 0.1) is 0 Å². The van der Waals surface area contributed by atoms with Crippen LogP contribution in [0.15, 0.2) is 121 Å². The molecule has 0 bridgehead atoms. The second-order valence-corrected chi connectivity index (χ2v) is 9.51. The molecule has 0 atom stereocenters. The van der Waals surface area contributed by atoms with E-state index in [0.29, 0.717) is 0 Å². The van der Waals surface area contributed by atoms with E-state index in [1.54, 1.807) is 0 Å². The first-order valence-corrected chi connectivity index (χ1v) is 10.7. The van der Waals surface area contributed by atoms with E-state index in [9.17, 15) is 0 Å². The fourth-order valence-electron chi connectivity index (χ4n) is 2.99. The molecule has 0 aliphatic rings. The van der Waals surface area contributed by atoms with Crippen molar-refractivity contribution >= 4 is 23.6 Å². The van der Waals surface area contributed by atoms with E-state index in [1.165, 1.54) is 15.6 Å². The molecular weight excluding hydrogens is 535 g/mol. The smallest absolute Gasteiger partial charge is 0.358 e. The van der Waals surface area contributed by atoms with Crippen LogP contribution in [0.5, 0.6) is 0 Å². The summed E-state index contributed by atoms with van der Waals surface area (Å²) in [5.41, 5.74) is 0. The van der Waals surface area contributed by atoms with E-state index in [1.807, 2.05) is 30.3 Å². The molecule has 0 aliphatic carbocycles. The van der Waals surface area contributed by atoms with Gasteiger partial charge in [0.25, 0.3) is 0 Å². The van der Waals surface area contributed by atoms with Crippen molar-refractivity contribution in [1.29, 1.82) is 0 Å². The van der Waals surface area contributed by atoms with Crippen molar-refractivity contribution in [2.75, 3.05) is 0 Å². The van der Waals surface area contributed by atoms with Crippen LogP contribution >= 0.6 is 0 Å². The van der Waals surface area contributed by atoms with Crippen LogP contribution in [-0.2, 0) is 21.1 Å². The van der Waals surface area contributed by atoms with Crippen LogP contribution in [0.1, 0.15) is 0 Å². The third kappa shape index (κ3) is 6.22. The molecule has 0 nitrogen and oxygen atoms in total. The van der Waals surface area contributed by atoms with Crippen molar-refractivity contribution in [2.45, 2.75) is 0 Å². The molecule has 4 rings (SSSR count). The summed E-state index contributed by atoms with van der Waals surface area (Å²) in [6.07, 6.45) is 0. The Labute approximate surface area is 186 Å². The van der Waals surface area contributed by atoms with Crippen LogP contribution in [-0.4, -0.2) is 8.07 Å². The third-order valence-electron chi connectivity index (χ3n) is 4.36. The van der Waals surface area contributed by atoms with Gasteiger partial charge in [0.1, 0.15) is 0 Å². The maximum Gasteiger partial charge on any atom is 4.00 e. The van der Waals surface area contributed by atoms with E-state index < -0.39 is 8.07 Å². The molecule has 2 heteroatoms. The van der Waals surface area contributed by atoms with Crippen molar-refractivity contribution in [2.24, 2.45) is 0 Å². The quantitative estimate of drug-likeness (QED) is 0.190. The molecule has 0 amide bonds. The topological polar surface area (TPSA) is 0 Å². The molecule has 0 radical (unpaired) electrons. The molecule has 28 heavy (non-hydrogen) atoms. The van der Waals surface area contributed by atoms with Crippen LogP contribution in [0.3, 0.4) is 0 Å². The van der Waals surface area contributed by atoms with Crippen molar-refractivity contribution < 1.29 is 21.1 Å². The van der Waals surface area contributed by atoms with Gasteiger partial charge < -0.3 is 21.4 Å². The molecule has 0 fully saturated rings. The van der Waals surface area contributed by atoms with Gasteiger partial charge in [0.2, 0.25) is 0 Å². The Hall–Kier alpha value is -2.08. The second kappa shape index (κ2) is 13.2. The zero-order valence-electron chi connectivity index (χ0n) is 16.6.